The van der Waals surface area contributed by atoms with E-state index in [0.717, 1.165) is 24.0 Å². The van der Waals surface area contributed by atoms with E-state index in [1.54, 1.807) is 4.31 Å². The molecule has 0 saturated carbocycles. The van der Waals surface area contributed by atoms with Crippen LogP contribution in [0.4, 0.5) is 0 Å². The minimum Gasteiger partial charge on any atom is -0.269 e. The Balaban J connectivity index is 1.76. The second-order valence-electron chi connectivity index (χ2n) is 7.25. The van der Waals surface area contributed by atoms with Crippen molar-refractivity contribution in [1.82, 2.24) is 14.1 Å². The number of hydrogen-bond acceptors (Lipinski definition) is 3. The van der Waals surface area contributed by atoms with Crippen molar-refractivity contribution in [3.05, 3.63) is 53.9 Å². The Labute approximate surface area is 150 Å². The van der Waals surface area contributed by atoms with Crippen LogP contribution in [0.15, 0.2) is 42.7 Å². The first-order chi connectivity index (χ1) is 11.9. The first-order valence-corrected chi connectivity index (χ1v) is 10.4. The van der Waals surface area contributed by atoms with Gasteiger partial charge >= 0.3 is 0 Å². The Bertz CT molecular complexity index is 791. The van der Waals surface area contributed by atoms with Gasteiger partial charge < -0.3 is 0 Å². The van der Waals surface area contributed by atoms with Gasteiger partial charge in [-0.05, 0) is 36.8 Å². The Kier molecular flexibility index (Phi) is 5.29. The molecule has 0 spiro atoms. The van der Waals surface area contributed by atoms with E-state index in [1.807, 2.05) is 68.2 Å². The third kappa shape index (κ3) is 3.80. The molecule has 25 heavy (non-hydrogen) atoms. The summed E-state index contributed by atoms with van der Waals surface area (Å²) in [6.45, 7) is 7.10. The summed E-state index contributed by atoms with van der Waals surface area (Å²) in [6.07, 6.45) is 5.50. The van der Waals surface area contributed by atoms with E-state index < -0.39 is 15.3 Å². The molecule has 1 aromatic heterocycles. The lowest BCUT2D eigenvalue weighted by Crippen LogP contribution is -2.42. The van der Waals surface area contributed by atoms with Crippen molar-refractivity contribution in [3.63, 3.8) is 0 Å². The van der Waals surface area contributed by atoms with Crippen LogP contribution in [-0.2, 0) is 10.0 Å². The zero-order valence-corrected chi connectivity index (χ0v) is 16.0. The number of rotatable bonds is 5. The van der Waals surface area contributed by atoms with Crippen LogP contribution in [0.25, 0.3) is 0 Å². The SMILES string of the molecule is Cc1cnn(C2CCN(S(=O)(=O)C(c3ccccc3)C(C)C)CC2)c1. The third-order valence-corrected chi connectivity index (χ3v) is 7.49. The van der Waals surface area contributed by atoms with Crippen LogP contribution in [0, 0.1) is 12.8 Å². The van der Waals surface area contributed by atoms with Crippen molar-refractivity contribution in [2.24, 2.45) is 5.92 Å². The molecule has 1 fully saturated rings. The molecule has 0 aliphatic carbocycles. The van der Waals surface area contributed by atoms with E-state index in [-0.39, 0.29) is 12.0 Å². The van der Waals surface area contributed by atoms with E-state index in [1.165, 1.54) is 0 Å². The molecule has 3 rings (SSSR count). The number of nitrogens with zero attached hydrogens (tertiary/aromatic N) is 3. The van der Waals surface area contributed by atoms with Gasteiger partial charge in [0.25, 0.3) is 0 Å². The van der Waals surface area contributed by atoms with Crippen LogP contribution in [0.3, 0.4) is 0 Å². The summed E-state index contributed by atoms with van der Waals surface area (Å²) >= 11 is 0. The topological polar surface area (TPSA) is 55.2 Å². The van der Waals surface area contributed by atoms with Crippen LogP contribution in [-0.4, -0.2) is 35.6 Å². The van der Waals surface area contributed by atoms with Crippen molar-refractivity contribution in [2.45, 2.75) is 44.9 Å². The minimum absolute atomic E-state index is 0.0267. The normalized spacial score (nSPS) is 18.6. The zero-order valence-electron chi connectivity index (χ0n) is 15.2. The lowest BCUT2D eigenvalue weighted by atomic mass is 10.0. The highest BCUT2D eigenvalue weighted by atomic mass is 32.2. The molecule has 1 unspecified atom stereocenters. The largest absolute Gasteiger partial charge is 0.269 e. The summed E-state index contributed by atoms with van der Waals surface area (Å²) < 4.78 is 30.2. The van der Waals surface area contributed by atoms with Gasteiger partial charge in [-0.3, -0.25) is 4.68 Å². The molecular weight excluding hydrogens is 334 g/mol. The highest BCUT2D eigenvalue weighted by Crippen LogP contribution is 2.35. The Morgan fingerprint density at radius 2 is 1.76 bits per heavy atom. The number of hydrogen-bond donors (Lipinski definition) is 0. The highest BCUT2D eigenvalue weighted by molar-refractivity contribution is 7.89. The number of aryl methyl sites for hydroxylation is 1. The molecule has 0 amide bonds. The van der Waals surface area contributed by atoms with Gasteiger partial charge in [-0.15, -0.1) is 0 Å². The average Bonchev–Trinajstić information content (AvgIpc) is 3.02. The van der Waals surface area contributed by atoms with Crippen LogP contribution in [0.1, 0.15) is 49.1 Å². The molecule has 1 saturated heterocycles. The van der Waals surface area contributed by atoms with Gasteiger partial charge in [-0.1, -0.05) is 44.2 Å². The van der Waals surface area contributed by atoms with Gasteiger partial charge in [-0.25, -0.2) is 12.7 Å². The predicted octanol–water partition coefficient (Wildman–Crippen LogP) is 3.56. The molecule has 136 valence electrons. The summed E-state index contributed by atoms with van der Waals surface area (Å²) in [4.78, 5) is 0. The Morgan fingerprint density at radius 3 is 2.28 bits per heavy atom. The lowest BCUT2D eigenvalue weighted by molar-refractivity contribution is 0.257. The van der Waals surface area contributed by atoms with Gasteiger partial charge in [-0.2, -0.15) is 5.10 Å². The maximum absolute atomic E-state index is 13.3. The second-order valence-corrected chi connectivity index (χ2v) is 9.30. The fourth-order valence-electron chi connectivity index (χ4n) is 3.70. The standard InChI is InChI=1S/C19H27N3O2S/c1-15(2)19(17-7-5-4-6-8-17)25(23,24)21-11-9-18(10-12-21)22-14-16(3)13-20-22/h4-8,13-15,18-19H,9-12H2,1-3H3. The molecule has 1 aliphatic heterocycles. The second kappa shape index (κ2) is 7.30. The van der Waals surface area contributed by atoms with Crippen LogP contribution in [0.2, 0.25) is 0 Å². The highest BCUT2D eigenvalue weighted by Gasteiger charge is 2.37. The molecule has 0 radical (unpaired) electrons. The van der Waals surface area contributed by atoms with Gasteiger partial charge in [0.1, 0.15) is 5.25 Å². The average molecular weight is 362 g/mol. The smallest absolute Gasteiger partial charge is 0.221 e. The van der Waals surface area contributed by atoms with Gasteiger partial charge in [0.05, 0.1) is 12.2 Å². The van der Waals surface area contributed by atoms with E-state index in [4.69, 9.17) is 0 Å². The van der Waals surface area contributed by atoms with Gasteiger partial charge in [0, 0.05) is 19.3 Å². The van der Waals surface area contributed by atoms with E-state index in [2.05, 4.69) is 5.10 Å². The predicted molar refractivity (Wildman–Crippen MR) is 99.7 cm³/mol. The summed E-state index contributed by atoms with van der Waals surface area (Å²) in [7, 11) is -3.37. The van der Waals surface area contributed by atoms with Crippen molar-refractivity contribution in [3.8, 4) is 0 Å². The number of sulfonamides is 1. The fourth-order valence-corrected chi connectivity index (χ4v) is 5.93. The Hall–Kier alpha value is -1.66. The number of aromatic nitrogens is 2. The molecular formula is C19H27N3O2S. The maximum atomic E-state index is 13.3. The van der Waals surface area contributed by atoms with E-state index in [0.29, 0.717) is 13.1 Å². The zero-order chi connectivity index (χ0) is 18.0. The molecule has 0 bridgehead atoms. The van der Waals surface area contributed by atoms with Crippen LogP contribution >= 0.6 is 0 Å². The summed E-state index contributed by atoms with van der Waals surface area (Å²) in [6, 6.07) is 9.86. The molecule has 5 nitrogen and oxygen atoms in total. The fraction of sp³-hybridized carbons (Fsp3) is 0.526. The van der Waals surface area contributed by atoms with Crippen LogP contribution in [0.5, 0.6) is 0 Å². The van der Waals surface area contributed by atoms with Crippen LogP contribution < -0.4 is 0 Å². The minimum atomic E-state index is -3.37. The number of piperidine rings is 1. The first-order valence-electron chi connectivity index (χ1n) is 8.94. The van der Waals surface area contributed by atoms with Gasteiger partial charge in [0.15, 0.2) is 0 Å². The molecule has 1 aliphatic rings. The lowest BCUT2D eigenvalue weighted by Gasteiger charge is -2.35. The molecule has 1 aromatic carbocycles. The number of benzene rings is 1. The molecule has 2 heterocycles. The summed E-state index contributed by atoms with van der Waals surface area (Å²) in [5, 5.41) is 3.90. The monoisotopic (exact) mass is 361 g/mol. The molecule has 1 atom stereocenters. The molecule has 6 heteroatoms. The van der Waals surface area contributed by atoms with Crippen molar-refractivity contribution >= 4 is 10.0 Å². The summed E-state index contributed by atoms with van der Waals surface area (Å²) in [5.41, 5.74) is 2.02. The van der Waals surface area contributed by atoms with Crippen molar-refractivity contribution in [2.75, 3.05) is 13.1 Å². The van der Waals surface area contributed by atoms with Crippen molar-refractivity contribution < 1.29 is 8.42 Å². The van der Waals surface area contributed by atoms with Crippen molar-refractivity contribution in [1.29, 1.82) is 0 Å². The molecule has 2 aromatic rings. The quantitative estimate of drug-likeness (QED) is 0.818. The molecule has 0 N–H and O–H groups in total. The third-order valence-electron chi connectivity index (χ3n) is 4.94. The van der Waals surface area contributed by atoms with Gasteiger partial charge in [0.2, 0.25) is 10.0 Å². The summed E-state index contributed by atoms with van der Waals surface area (Å²) in [5.74, 6) is 0.0267. The first kappa shape index (κ1) is 18.1. The van der Waals surface area contributed by atoms with E-state index >= 15 is 0 Å². The maximum Gasteiger partial charge on any atom is 0.221 e. The Morgan fingerprint density at radius 1 is 1.12 bits per heavy atom. The van der Waals surface area contributed by atoms with E-state index in [9.17, 15) is 8.42 Å².